The van der Waals surface area contributed by atoms with Crippen LogP contribution in [0.15, 0.2) is 18.2 Å². The van der Waals surface area contributed by atoms with Crippen molar-refractivity contribution in [3.63, 3.8) is 0 Å². The molecule has 2 rings (SSSR count). The van der Waals surface area contributed by atoms with Gasteiger partial charge in [0.15, 0.2) is 0 Å². The monoisotopic (exact) mass is 602 g/mol. The van der Waals surface area contributed by atoms with E-state index in [-0.39, 0.29) is 0 Å². The highest BCUT2D eigenvalue weighted by Crippen LogP contribution is 2.19. The van der Waals surface area contributed by atoms with Gasteiger partial charge in [0.1, 0.15) is 0 Å². The van der Waals surface area contributed by atoms with E-state index in [1.165, 1.54) is 116 Å². The molecule has 0 saturated carbocycles. The Morgan fingerprint density at radius 2 is 1.07 bits per heavy atom. The molecule has 0 aliphatic carbocycles. The van der Waals surface area contributed by atoms with Gasteiger partial charge in [-0.15, -0.1) is 0 Å². The van der Waals surface area contributed by atoms with E-state index in [1.54, 1.807) is 0 Å². The van der Waals surface area contributed by atoms with Gasteiger partial charge >= 0.3 is 11.9 Å². The van der Waals surface area contributed by atoms with Gasteiger partial charge in [0.05, 0.1) is 25.4 Å². The number of unbranched alkanes of at least 4 members (excludes halogenated alkanes) is 18. The molecule has 1 atom stereocenters. The second-order valence-electron chi connectivity index (χ2n) is 12.4. The molecule has 43 heavy (non-hydrogen) atoms. The first-order valence-corrected chi connectivity index (χ1v) is 17.8. The lowest BCUT2D eigenvalue weighted by Gasteiger charge is -2.13. The Balaban J connectivity index is 1.71. The van der Waals surface area contributed by atoms with Crippen molar-refractivity contribution in [3.05, 3.63) is 34.9 Å². The largest absolute Gasteiger partial charge is 0.463 e. The van der Waals surface area contributed by atoms with Crippen molar-refractivity contribution >= 4 is 11.9 Å². The first kappa shape index (κ1) is 37.3. The second kappa shape index (κ2) is 25.4. The number of cyclic esters (lactones) is 1. The minimum atomic E-state index is -0.820. The molecule has 0 bridgehead atoms. The van der Waals surface area contributed by atoms with Gasteiger partial charge in [-0.1, -0.05) is 135 Å². The van der Waals surface area contributed by atoms with Gasteiger partial charge in [-0.05, 0) is 36.1 Å². The molecule has 0 N–H and O–H groups in total. The number of hydrogen-bond acceptors (Lipinski definition) is 6. The summed E-state index contributed by atoms with van der Waals surface area (Å²) in [6.07, 6.45) is 25.5. The molecule has 1 aromatic rings. The lowest BCUT2D eigenvalue weighted by atomic mass is 10.1. The minimum Gasteiger partial charge on any atom is -0.463 e. The van der Waals surface area contributed by atoms with Crippen LogP contribution in [0.5, 0.6) is 0 Å². The molecule has 0 spiro atoms. The van der Waals surface area contributed by atoms with Gasteiger partial charge in [0.25, 0.3) is 0 Å². The lowest BCUT2D eigenvalue weighted by molar-refractivity contribution is -0.145. The van der Waals surface area contributed by atoms with Crippen LogP contribution in [-0.2, 0) is 37.0 Å². The summed E-state index contributed by atoms with van der Waals surface area (Å²) in [5, 5.41) is 0. The molecule has 1 aliphatic rings. The zero-order valence-corrected chi connectivity index (χ0v) is 27.6. The number of ether oxygens (including phenoxy) is 4. The Kier molecular flexibility index (Phi) is 22.0. The van der Waals surface area contributed by atoms with Crippen LogP contribution in [0.25, 0.3) is 0 Å². The fourth-order valence-electron chi connectivity index (χ4n) is 5.59. The van der Waals surface area contributed by atoms with Crippen LogP contribution in [0, 0.1) is 0 Å². The number of esters is 2. The van der Waals surface area contributed by atoms with Crippen LogP contribution >= 0.6 is 0 Å². The van der Waals surface area contributed by atoms with Crippen molar-refractivity contribution in [2.75, 3.05) is 19.8 Å². The smallest absolute Gasteiger partial charge is 0.347 e. The zero-order chi connectivity index (χ0) is 30.8. The van der Waals surface area contributed by atoms with E-state index in [4.69, 9.17) is 18.9 Å². The Morgan fingerprint density at radius 3 is 1.47 bits per heavy atom. The van der Waals surface area contributed by atoms with Crippen LogP contribution in [0.2, 0.25) is 0 Å². The predicted octanol–water partition coefficient (Wildman–Crippen LogP) is 10.0. The molecule has 0 amide bonds. The zero-order valence-electron chi connectivity index (χ0n) is 27.6. The van der Waals surface area contributed by atoms with Gasteiger partial charge < -0.3 is 18.9 Å². The fourth-order valence-corrected chi connectivity index (χ4v) is 5.59. The maximum absolute atomic E-state index is 12.9. The second-order valence-corrected chi connectivity index (χ2v) is 12.4. The fraction of sp³-hybridized carbons (Fsp3) is 0.784. The Labute approximate surface area is 263 Å². The SMILES string of the molecule is CCCCCCCCCCCCOCc1cc(COCCCCCCCCCCCC)cc(C(=O)OC2CCOC2=O)c1. The molecule has 0 aromatic heterocycles. The summed E-state index contributed by atoms with van der Waals surface area (Å²) in [5.74, 6) is -0.972. The van der Waals surface area contributed by atoms with Gasteiger partial charge in [-0.25, -0.2) is 9.59 Å². The first-order chi connectivity index (χ1) is 21.1. The predicted molar refractivity (Wildman–Crippen MR) is 174 cm³/mol. The van der Waals surface area contributed by atoms with Crippen molar-refractivity contribution in [2.24, 2.45) is 0 Å². The average molecular weight is 603 g/mol. The molecule has 1 saturated heterocycles. The Hall–Kier alpha value is -1.92. The van der Waals surface area contributed by atoms with E-state index in [1.807, 2.05) is 12.1 Å². The van der Waals surface area contributed by atoms with Crippen LogP contribution in [-0.4, -0.2) is 37.9 Å². The molecule has 1 fully saturated rings. The van der Waals surface area contributed by atoms with Crippen molar-refractivity contribution in [1.29, 1.82) is 0 Å². The van der Waals surface area contributed by atoms with Crippen molar-refractivity contribution in [3.8, 4) is 0 Å². The van der Waals surface area contributed by atoms with E-state index in [0.717, 1.165) is 24.0 Å². The van der Waals surface area contributed by atoms with Gasteiger partial charge in [-0.3, -0.25) is 0 Å². The summed E-state index contributed by atoms with van der Waals surface area (Å²) in [5.41, 5.74) is 2.28. The first-order valence-electron chi connectivity index (χ1n) is 17.8. The number of rotatable bonds is 28. The van der Waals surface area contributed by atoms with E-state index in [0.29, 0.717) is 45.0 Å². The van der Waals surface area contributed by atoms with Crippen molar-refractivity contribution in [2.45, 2.75) is 168 Å². The third-order valence-corrected chi connectivity index (χ3v) is 8.25. The lowest BCUT2D eigenvalue weighted by Crippen LogP contribution is -2.22. The number of carbonyl (C=O) groups excluding carboxylic acids is 2. The van der Waals surface area contributed by atoms with Crippen molar-refractivity contribution < 1.29 is 28.5 Å². The molecule has 1 aromatic carbocycles. The molecule has 1 heterocycles. The van der Waals surface area contributed by atoms with Gasteiger partial charge in [0.2, 0.25) is 6.10 Å². The Bertz CT molecular complexity index is 807. The minimum absolute atomic E-state index is 0.293. The molecule has 1 aliphatic heterocycles. The molecule has 1 unspecified atom stereocenters. The van der Waals surface area contributed by atoms with E-state index in [2.05, 4.69) is 19.9 Å². The summed E-state index contributed by atoms with van der Waals surface area (Å²) < 4.78 is 22.4. The highest BCUT2D eigenvalue weighted by molar-refractivity contribution is 5.92. The quantitative estimate of drug-likeness (QED) is 0.0702. The molecule has 6 heteroatoms. The van der Waals surface area contributed by atoms with E-state index in [9.17, 15) is 9.59 Å². The highest BCUT2D eigenvalue weighted by atomic mass is 16.6. The van der Waals surface area contributed by atoms with Crippen LogP contribution < -0.4 is 0 Å². The van der Waals surface area contributed by atoms with Gasteiger partial charge in [0, 0.05) is 19.6 Å². The standard InChI is InChI=1S/C37H62O6/c1-3-5-7-9-11-13-15-17-19-21-24-40-30-32-27-33(29-34(28-32)36(38)43-35-23-26-42-37(35)39)31-41-25-22-20-18-16-14-12-10-8-6-4-2/h27-29,35H,3-26,30-31H2,1-2H3. The summed E-state index contributed by atoms with van der Waals surface area (Å²) in [4.78, 5) is 24.7. The van der Waals surface area contributed by atoms with Crippen LogP contribution in [0.4, 0.5) is 0 Å². The third-order valence-electron chi connectivity index (χ3n) is 8.25. The summed E-state index contributed by atoms with van der Waals surface area (Å²) >= 11 is 0. The summed E-state index contributed by atoms with van der Waals surface area (Å²) in [7, 11) is 0. The number of hydrogen-bond donors (Lipinski definition) is 0. The normalized spacial score (nSPS) is 14.7. The molecular weight excluding hydrogens is 540 g/mol. The third kappa shape index (κ3) is 18.5. The number of carbonyl (C=O) groups is 2. The summed E-state index contributed by atoms with van der Waals surface area (Å²) in [6, 6.07) is 5.68. The molecule has 0 radical (unpaired) electrons. The average Bonchev–Trinajstić information content (AvgIpc) is 3.41. The topological polar surface area (TPSA) is 71.1 Å². The molecular formula is C37H62O6. The Morgan fingerprint density at radius 1 is 0.651 bits per heavy atom. The maximum atomic E-state index is 12.9. The maximum Gasteiger partial charge on any atom is 0.347 e. The molecule has 6 nitrogen and oxygen atoms in total. The van der Waals surface area contributed by atoms with E-state index < -0.39 is 18.0 Å². The van der Waals surface area contributed by atoms with Gasteiger partial charge in [-0.2, -0.15) is 0 Å². The van der Waals surface area contributed by atoms with Crippen molar-refractivity contribution in [1.82, 2.24) is 0 Å². The highest BCUT2D eigenvalue weighted by Gasteiger charge is 2.30. The summed E-state index contributed by atoms with van der Waals surface area (Å²) in [6.45, 7) is 7.12. The van der Waals surface area contributed by atoms with Crippen LogP contribution in [0.1, 0.15) is 170 Å². The van der Waals surface area contributed by atoms with E-state index >= 15 is 0 Å². The number of benzene rings is 1. The molecule has 246 valence electrons. The van der Waals surface area contributed by atoms with Crippen LogP contribution in [0.3, 0.4) is 0 Å².